The quantitative estimate of drug-likeness (QED) is 0.851. The number of likely N-dealkylation sites (tertiary alicyclic amines) is 1. The number of carbonyl (C=O) groups is 2. The molecule has 1 heterocycles. The van der Waals surface area contributed by atoms with E-state index in [1.54, 1.807) is 20.8 Å². The molecule has 21 heavy (non-hydrogen) atoms. The third-order valence-electron chi connectivity index (χ3n) is 3.16. The molecular formula is C13H20F3NO4. The van der Waals surface area contributed by atoms with E-state index in [0.29, 0.717) is 11.3 Å². The summed E-state index contributed by atoms with van der Waals surface area (Å²) in [6, 6.07) is -2.11. The average molecular weight is 311 g/mol. The van der Waals surface area contributed by atoms with Gasteiger partial charge < -0.3 is 9.84 Å². The number of carbonyl (C=O) groups excluding carboxylic acids is 1. The first-order valence-corrected chi connectivity index (χ1v) is 6.70. The molecular weight excluding hydrogens is 291 g/mol. The van der Waals surface area contributed by atoms with Crippen molar-refractivity contribution in [2.75, 3.05) is 6.54 Å². The summed E-state index contributed by atoms with van der Waals surface area (Å²) in [5.41, 5.74) is -0.910. The molecule has 0 aromatic carbocycles. The molecule has 1 N–H and O–H groups in total. The molecule has 0 bridgehead atoms. The van der Waals surface area contributed by atoms with Crippen LogP contribution in [-0.4, -0.2) is 46.4 Å². The maximum absolute atomic E-state index is 13.2. The summed E-state index contributed by atoms with van der Waals surface area (Å²) in [5.74, 6) is -2.45. The van der Waals surface area contributed by atoms with Gasteiger partial charge in [0.2, 0.25) is 0 Å². The highest BCUT2D eigenvalue weighted by Gasteiger charge is 2.52. The van der Waals surface area contributed by atoms with E-state index < -0.39 is 42.2 Å². The summed E-state index contributed by atoms with van der Waals surface area (Å²) in [6.45, 7) is 4.60. The maximum atomic E-state index is 13.2. The van der Waals surface area contributed by atoms with Crippen LogP contribution in [0.1, 0.15) is 40.0 Å². The van der Waals surface area contributed by atoms with Crippen molar-refractivity contribution in [2.24, 2.45) is 5.92 Å². The van der Waals surface area contributed by atoms with Crippen LogP contribution in [0, 0.1) is 5.92 Å². The highest BCUT2D eigenvalue weighted by atomic mass is 19.4. The number of amides is 1. The molecule has 1 aliphatic heterocycles. The topological polar surface area (TPSA) is 66.8 Å². The van der Waals surface area contributed by atoms with Gasteiger partial charge in [-0.2, -0.15) is 13.2 Å². The van der Waals surface area contributed by atoms with Crippen molar-refractivity contribution in [1.82, 2.24) is 4.90 Å². The van der Waals surface area contributed by atoms with Gasteiger partial charge >= 0.3 is 18.2 Å². The van der Waals surface area contributed by atoms with Crippen LogP contribution in [0.3, 0.4) is 0 Å². The van der Waals surface area contributed by atoms with Gasteiger partial charge in [-0.25, -0.2) is 4.79 Å². The average Bonchev–Trinajstić information content (AvgIpc) is 2.23. The highest BCUT2D eigenvalue weighted by molar-refractivity contribution is 5.70. The zero-order valence-electron chi connectivity index (χ0n) is 12.2. The summed E-state index contributed by atoms with van der Waals surface area (Å²) < 4.78 is 44.7. The Balaban J connectivity index is 2.99. The lowest BCUT2D eigenvalue weighted by atomic mass is 9.86. The van der Waals surface area contributed by atoms with Crippen LogP contribution in [0.5, 0.6) is 0 Å². The van der Waals surface area contributed by atoms with Gasteiger partial charge in [0.1, 0.15) is 11.6 Å². The molecule has 1 aliphatic rings. The van der Waals surface area contributed by atoms with Crippen LogP contribution >= 0.6 is 0 Å². The second-order valence-corrected chi connectivity index (χ2v) is 6.16. The number of rotatable bonds is 2. The first-order chi connectivity index (χ1) is 9.42. The molecule has 1 amide bonds. The maximum Gasteiger partial charge on any atom is 0.410 e. The van der Waals surface area contributed by atoms with E-state index in [-0.39, 0.29) is 13.0 Å². The second-order valence-electron chi connectivity index (χ2n) is 6.16. The minimum absolute atomic E-state index is 0.0881. The number of alkyl halides is 3. The standard InChI is InChI=1S/C13H20F3NO4/c1-12(2,3)21-11(20)17-6-4-5-8(7-9(18)19)10(17)13(14,15)16/h8,10H,4-7H2,1-3H3,(H,18,19)/t8-,10-/m0/s1. The molecule has 0 aromatic heterocycles. The number of hydrogen-bond donors (Lipinski definition) is 1. The molecule has 1 fully saturated rings. The monoisotopic (exact) mass is 311 g/mol. The van der Waals surface area contributed by atoms with E-state index in [1.165, 1.54) is 0 Å². The van der Waals surface area contributed by atoms with Gasteiger partial charge in [-0.05, 0) is 39.5 Å². The van der Waals surface area contributed by atoms with Gasteiger partial charge in [0.15, 0.2) is 0 Å². The summed E-state index contributed by atoms with van der Waals surface area (Å²) >= 11 is 0. The molecule has 0 saturated carbocycles. The van der Waals surface area contributed by atoms with Crippen molar-refractivity contribution in [3.8, 4) is 0 Å². The summed E-state index contributed by atoms with van der Waals surface area (Å²) in [4.78, 5) is 23.3. The van der Waals surface area contributed by atoms with Gasteiger partial charge in [-0.3, -0.25) is 9.69 Å². The number of nitrogens with zero attached hydrogens (tertiary/aromatic N) is 1. The third kappa shape index (κ3) is 5.09. The van der Waals surface area contributed by atoms with E-state index >= 15 is 0 Å². The molecule has 1 rings (SSSR count). The van der Waals surface area contributed by atoms with E-state index in [4.69, 9.17) is 9.84 Å². The minimum atomic E-state index is -4.68. The van der Waals surface area contributed by atoms with Crippen LogP contribution < -0.4 is 0 Å². The smallest absolute Gasteiger partial charge is 0.410 e. The molecule has 0 spiro atoms. The van der Waals surface area contributed by atoms with E-state index in [1.807, 2.05) is 0 Å². The Labute approximate surface area is 121 Å². The Morgan fingerprint density at radius 2 is 1.86 bits per heavy atom. The fourth-order valence-corrected chi connectivity index (χ4v) is 2.48. The highest BCUT2D eigenvalue weighted by Crippen LogP contribution is 2.38. The lowest BCUT2D eigenvalue weighted by molar-refractivity contribution is -0.202. The van der Waals surface area contributed by atoms with E-state index in [2.05, 4.69) is 0 Å². The molecule has 8 heteroatoms. The van der Waals surface area contributed by atoms with Gasteiger partial charge in [0.25, 0.3) is 0 Å². The van der Waals surface area contributed by atoms with E-state index in [0.717, 1.165) is 0 Å². The van der Waals surface area contributed by atoms with Gasteiger partial charge in [0.05, 0.1) is 6.42 Å². The van der Waals surface area contributed by atoms with E-state index in [9.17, 15) is 22.8 Å². The number of hydrogen-bond acceptors (Lipinski definition) is 3. The largest absolute Gasteiger partial charge is 0.481 e. The predicted octanol–water partition coefficient (Wildman–Crippen LogP) is 3.04. The Morgan fingerprint density at radius 1 is 1.29 bits per heavy atom. The fraction of sp³-hybridized carbons (Fsp3) is 0.846. The second kappa shape index (κ2) is 6.11. The van der Waals surface area contributed by atoms with Crippen LogP contribution in [0.15, 0.2) is 0 Å². The SMILES string of the molecule is CC(C)(C)OC(=O)N1CCC[C@@H](CC(=O)O)[C@H]1C(F)(F)F. The van der Waals surface area contributed by atoms with Gasteiger partial charge in [-0.15, -0.1) is 0 Å². The van der Waals surface area contributed by atoms with Gasteiger partial charge in [0, 0.05) is 6.54 Å². The third-order valence-corrected chi connectivity index (χ3v) is 3.16. The van der Waals surface area contributed by atoms with Crippen molar-refractivity contribution in [1.29, 1.82) is 0 Å². The lowest BCUT2D eigenvalue weighted by Gasteiger charge is -2.41. The van der Waals surface area contributed by atoms with Crippen molar-refractivity contribution < 1.29 is 32.6 Å². The summed E-state index contributed by atoms with van der Waals surface area (Å²) in [5, 5.41) is 8.76. The number of aliphatic carboxylic acids is 1. The molecule has 0 radical (unpaired) electrons. The Kier molecular flexibility index (Phi) is 5.11. The first kappa shape index (κ1) is 17.6. The zero-order chi connectivity index (χ0) is 16.4. The first-order valence-electron chi connectivity index (χ1n) is 6.70. The van der Waals surface area contributed by atoms with Crippen molar-refractivity contribution in [3.05, 3.63) is 0 Å². The number of piperidine rings is 1. The fourth-order valence-electron chi connectivity index (χ4n) is 2.48. The molecule has 1 saturated heterocycles. The lowest BCUT2D eigenvalue weighted by Crippen LogP contribution is -2.57. The summed E-state index contributed by atoms with van der Waals surface area (Å²) in [6.07, 6.45) is -5.92. The number of carboxylic acids is 1. The molecule has 5 nitrogen and oxygen atoms in total. The molecule has 2 atom stereocenters. The number of ether oxygens (including phenoxy) is 1. The predicted molar refractivity (Wildman–Crippen MR) is 67.8 cm³/mol. The Hall–Kier alpha value is -1.47. The molecule has 0 aliphatic carbocycles. The van der Waals surface area contributed by atoms with Crippen molar-refractivity contribution >= 4 is 12.1 Å². The summed E-state index contributed by atoms with van der Waals surface area (Å²) in [7, 11) is 0. The molecule has 0 unspecified atom stereocenters. The Bertz CT molecular complexity index is 403. The van der Waals surface area contributed by atoms with Crippen LogP contribution in [0.25, 0.3) is 0 Å². The van der Waals surface area contributed by atoms with Crippen LogP contribution in [-0.2, 0) is 9.53 Å². The van der Waals surface area contributed by atoms with Crippen molar-refractivity contribution in [3.63, 3.8) is 0 Å². The number of halogens is 3. The minimum Gasteiger partial charge on any atom is -0.481 e. The van der Waals surface area contributed by atoms with Crippen LogP contribution in [0.2, 0.25) is 0 Å². The molecule has 122 valence electrons. The van der Waals surface area contributed by atoms with Crippen molar-refractivity contribution in [2.45, 2.75) is 57.9 Å². The van der Waals surface area contributed by atoms with Gasteiger partial charge in [-0.1, -0.05) is 0 Å². The van der Waals surface area contributed by atoms with Crippen LogP contribution in [0.4, 0.5) is 18.0 Å². The normalized spacial score (nSPS) is 23.8. The molecule has 0 aromatic rings. The zero-order valence-corrected chi connectivity index (χ0v) is 12.2. The Morgan fingerprint density at radius 3 is 2.29 bits per heavy atom. The number of carboxylic acid groups (broad SMARTS) is 1.